The Kier molecular flexibility index (Phi) is 3.98. The first kappa shape index (κ1) is 14.0. The Morgan fingerprint density at radius 2 is 2.00 bits per heavy atom. The fourth-order valence-corrected chi connectivity index (χ4v) is 1.83. The van der Waals surface area contributed by atoms with E-state index in [-0.39, 0.29) is 23.8 Å². The highest BCUT2D eigenvalue weighted by atomic mass is 19.1. The van der Waals surface area contributed by atoms with Gasteiger partial charge in [-0.2, -0.15) is 0 Å². The van der Waals surface area contributed by atoms with Gasteiger partial charge in [-0.05, 0) is 36.8 Å². The molecule has 2 aromatic rings. The first-order chi connectivity index (χ1) is 9.49. The third-order valence-corrected chi connectivity index (χ3v) is 2.89. The molecule has 5 heteroatoms. The maximum absolute atomic E-state index is 14.0. The number of hydrogen-bond acceptors (Lipinski definition) is 2. The zero-order valence-corrected chi connectivity index (χ0v) is 10.9. The van der Waals surface area contributed by atoms with Gasteiger partial charge in [-0.1, -0.05) is 12.1 Å². The lowest BCUT2D eigenvalue weighted by Gasteiger charge is -2.11. The van der Waals surface area contributed by atoms with Crippen molar-refractivity contribution in [3.63, 3.8) is 0 Å². The van der Waals surface area contributed by atoms with Crippen molar-refractivity contribution in [1.82, 2.24) is 0 Å². The van der Waals surface area contributed by atoms with E-state index >= 15 is 0 Å². The number of ether oxygens (including phenoxy) is 1. The summed E-state index contributed by atoms with van der Waals surface area (Å²) in [4.78, 5) is 0. The second-order valence-corrected chi connectivity index (χ2v) is 4.39. The average molecular weight is 276 g/mol. The fraction of sp³-hybridized carbons (Fsp3) is 0.133. The maximum atomic E-state index is 14.0. The first-order valence-corrected chi connectivity index (χ1v) is 6.00. The highest BCUT2D eigenvalue weighted by molar-refractivity contribution is 5.95. The molecular weight excluding hydrogens is 262 g/mol. The van der Waals surface area contributed by atoms with E-state index in [0.717, 1.165) is 0 Å². The summed E-state index contributed by atoms with van der Waals surface area (Å²) in [5, 5.41) is 7.28. The van der Waals surface area contributed by atoms with Crippen LogP contribution >= 0.6 is 0 Å². The van der Waals surface area contributed by atoms with Gasteiger partial charge < -0.3 is 10.5 Å². The van der Waals surface area contributed by atoms with Crippen molar-refractivity contribution in [1.29, 1.82) is 5.41 Å². The van der Waals surface area contributed by atoms with Crippen LogP contribution in [0.4, 0.5) is 8.78 Å². The second kappa shape index (κ2) is 5.69. The molecule has 0 spiro atoms. The van der Waals surface area contributed by atoms with Gasteiger partial charge in [-0.3, -0.25) is 5.41 Å². The molecule has 0 aliphatic carbocycles. The van der Waals surface area contributed by atoms with E-state index in [1.807, 2.05) is 0 Å². The molecule has 0 aliphatic rings. The molecular formula is C15H14F2N2O. The highest BCUT2D eigenvalue weighted by Gasteiger charge is 2.11. The summed E-state index contributed by atoms with van der Waals surface area (Å²) >= 11 is 0. The summed E-state index contributed by atoms with van der Waals surface area (Å²) < 4.78 is 32.5. The van der Waals surface area contributed by atoms with Gasteiger partial charge >= 0.3 is 0 Å². The molecule has 3 N–H and O–H groups in total. The summed E-state index contributed by atoms with van der Waals surface area (Å²) in [6, 6.07) is 8.72. The van der Waals surface area contributed by atoms with E-state index in [1.54, 1.807) is 19.1 Å². The molecule has 20 heavy (non-hydrogen) atoms. The van der Waals surface area contributed by atoms with Gasteiger partial charge in [-0.25, -0.2) is 8.78 Å². The predicted octanol–water partition coefficient (Wildman–Crippen LogP) is 3.14. The van der Waals surface area contributed by atoms with Crippen LogP contribution in [0.15, 0.2) is 36.4 Å². The molecule has 0 radical (unpaired) electrons. The molecule has 0 aliphatic heterocycles. The first-order valence-electron chi connectivity index (χ1n) is 6.00. The number of nitrogens with one attached hydrogen (secondary N) is 1. The minimum Gasteiger partial charge on any atom is -0.489 e. The normalized spacial score (nSPS) is 10.3. The van der Waals surface area contributed by atoms with Gasteiger partial charge in [0.2, 0.25) is 0 Å². The molecule has 0 unspecified atom stereocenters. The minimum absolute atomic E-state index is 0.0145. The van der Waals surface area contributed by atoms with Crippen molar-refractivity contribution in [2.24, 2.45) is 5.73 Å². The van der Waals surface area contributed by atoms with E-state index in [0.29, 0.717) is 16.9 Å². The SMILES string of the molecule is Cc1cc(F)ccc1OCc1cccc(C(=N)N)c1F. The number of rotatable bonds is 4. The Labute approximate surface area is 115 Å². The quantitative estimate of drug-likeness (QED) is 0.665. The van der Waals surface area contributed by atoms with Crippen molar-refractivity contribution in [3.8, 4) is 5.75 Å². The standard InChI is InChI=1S/C15H14F2N2O/c1-9-7-11(16)5-6-13(9)20-8-10-3-2-4-12(14(10)17)15(18)19/h2-7H,8H2,1H3,(H3,18,19). The summed E-state index contributed by atoms with van der Waals surface area (Å²) in [5.74, 6) is -0.763. The van der Waals surface area contributed by atoms with Gasteiger partial charge in [0.05, 0.1) is 5.56 Å². The molecule has 0 saturated heterocycles. The summed E-state index contributed by atoms with van der Waals surface area (Å²) in [6.07, 6.45) is 0. The number of aryl methyl sites for hydroxylation is 1. The third kappa shape index (κ3) is 2.93. The van der Waals surface area contributed by atoms with Crippen molar-refractivity contribution >= 4 is 5.84 Å². The van der Waals surface area contributed by atoms with Crippen molar-refractivity contribution in [3.05, 3.63) is 64.7 Å². The van der Waals surface area contributed by atoms with E-state index in [1.165, 1.54) is 24.3 Å². The topological polar surface area (TPSA) is 59.1 Å². The molecule has 2 rings (SSSR count). The van der Waals surface area contributed by atoms with E-state index in [2.05, 4.69) is 0 Å². The van der Waals surface area contributed by atoms with Crippen LogP contribution in [0.1, 0.15) is 16.7 Å². The molecule has 0 amide bonds. The maximum Gasteiger partial charge on any atom is 0.140 e. The monoisotopic (exact) mass is 276 g/mol. The van der Waals surface area contributed by atoms with Crippen LogP contribution in [0, 0.1) is 24.0 Å². The largest absolute Gasteiger partial charge is 0.489 e. The zero-order valence-electron chi connectivity index (χ0n) is 10.9. The number of hydrogen-bond donors (Lipinski definition) is 2. The van der Waals surface area contributed by atoms with Crippen LogP contribution in [-0.2, 0) is 6.61 Å². The fourth-order valence-electron chi connectivity index (χ4n) is 1.83. The second-order valence-electron chi connectivity index (χ2n) is 4.39. The Balaban J connectivity index is 2.19. The molecule has 0 atom stereocenters. The van der Waals surface area contributed by atoms with Crippen LogP contribution in [0.2, 0.25) is 0 Å². The zero-order chi connectivity index (χ0) is 14.7. The highest BCUT2D eigenvalue weighted by Crippen LogP contribution is 2.21. The molecule has 0 heterocycles. The molecule has 0 aromatic heterocycles. The molecule has 104 valence electrons. The number of amidine groups is 1. The molecule has 2 aromatic carbocycles. The minimum atomic E-state index is -0.570. The smallest absolute Gasteiger partial charge is 0.140 e. The van der Waals surface area contributed by atoms with Crippen LogP contribution < -0.4 is 10.5 Å². The summed E-state index contributed by atoms with van der Waals surface area (Å²) in [5.41, 5.74) is 6.26. The van der Waals surface area contributed by atoms with Gasteiger partial charge in [0, 0.05) is 5.56 Å². The number of benzene rings is 2. The van der Waals surface area contributed by atoms with Crippen molar-refractivity contribution < 1.29 is 13.5 Å². The van der Waals surface area contributed by atoms with E-state index in [4.69, 9.17) is 15.9 Å². The van der Waals surface area contributed by atoms with Gasteiger partial charge in [0.25, 0.3) is 0 Å². The van der Waals surface area contributed by atoms with Gasteiger partial charge in [-0.15, -0.1) is 0 Å². The lowest BCUT2D eigenvalue weighted by Crippen LogP contribution is -2.14. The predicted molar refractivity (Wildman–Crippen MR) is 72.9 cm³/mol. The van der Waals surface area contributed by atoms with Gasteiger partial charge in [0.1, 0.15) is 29.8 Å². The molecule has 0 fully saturated rings. The number of halogens is 2. The Morgan fingerprint density at radius 1 is 1.25 bits per heavy atom. The van der Waals surface area contributed by atoms with Crippen LogP contribution in [-0.4, -0.2) is 5.84 Å². The van der Waals surface area contributed by atoms with E-state index < -0.39 is 5.82 Å². The Hall–Kier alpha value is -2.43. The summed E-state index contributed by atoms with van der Waals surface area (Å²) in [7, 11) is 0. The Morgan fingerprint density at radius 3 is 2.65 bits per heavy atom. The van der Waals surface area contributed by atoms with Crippen LogP contribution in [0.5, 0.6) is 5.75 Å². The van der Waals surface area contributed by atoms with E-state index in [9.17, 15) is 8.78 Å². The van der Waals surface area contributed by atoms with Gasteiger partial charge in [0.15, 0.2) is 0 Å². The van der Waals surface area contributed by atoms with Crippen LogP contribution in [0.25, 0.3) is 0 Å². The van der Waals surface area contributed by atoms with Crippen molar-refractivity contribution in [2.45, 2.75) is 13.5 Å². The molecule has 3 nitrogen and oxygen atoms in total. The summed E-state index contributed by atoms with van der Waals surface area (Å²) in [6.45, 7) is 1.69. The number of nitrogen functional groups attached to an aromatic ring is 1. The molecule has 0 bridgehead atoms. The lowest BCUT2D eigenvalue weighted by atomic mass is 10.1. The average Bonchev–Trinajstić information content (AvgIpc) is 2.39. The Bertz CT molecular complexity index is 656. The van der Waals surface area contributed by atoms with Crippen LogP contribution in [0.3, 0.4) is 0 Å². The molecule has 0 saturated carbocycles. The number of nitrogens with two attached hydrogens (primary N) is 1. The third-order valence-electron chi connectivity index (χ3n) is 2.89. The lowest BCUT2D eigenvalue weighted by molar-refractivity contribution is 0.297. The van der Waals surface area contributed by atoms with Crippen molar-refractivity contribution in [2.75, 3.05) is 0 Å².